The van der Waals surface area contributed by atoms with Crippen molar-refractivity contribution >= 4 is 36.4 Å². The lowest BCUT2D eigenvalue weighted by molar-refractivity contribution is 0.126. The molecule has 0 aromatic heterocycles. The molecule has 1 saturated heterocycles. The van der Waals surface area contributed by atoms with Crippen LogP contribution >= 0.6 is 36.4 Å². The lowest BCUT2D eigenvalue weighted by Crippen LogP contribution is -2.46. The van der Waals surface area contributed by atoms with E-state index in [1.54, 1.807) is 0 Å². The molecule has 1 fully saturated rings. The van der Waals surface area contributed by atoms with Crippen LogP contribution in [0.5, 0.6) is 0 Å². The SMILES string of the molecule is Cl.Cl.ClC(CCN1CCN(Cc2ccccc2)CC1)c1ccccc1. The van der Waals surface area contributed by atoms with E-state index in [0.717, 1.165) is 45.7 Å². The van der Waals surface area contributed by atoms with E-state index in [9.17, 15) is 0 Å². The highest BCUT2D eigenvalue weighted by atomic mass is 35.5. The van der Waals surface area contributed by atoms with Crippen LogP contribution < -0.4 is 0 Å². The zero-order valence-corrected chi connectivity index (χ0v) is 16.8. The summed E-state index contributed by atoms with van der Waals surface area (Å²) in [6.07, 6.45) is 1.02. The molecule has 1 aliphatic heterocycles. The molecule has 0 saturated carbocycles. The normalized spacial score (nSPS) is 16.5. The fraction of sp³-hybridized carbons (Fsp3) is 0.400. The topological polar surface area (TPSA) is 6.48 Å². The minimum Gasteiger partial charge on any atom is -0.301 e. The van der Waals surface area contributed by atoms with Crippen molar-refractivity contribution in [2.75, 3.05) is 32.7 Å². The zero-order chi connectivity index (χ0) is 15.9. The van der Waals surface area contributed by atoms with Crippen LogP contribution in [-0.4, -0.2) is 42.5 Å². The van der Waals surface area contributed by atoms with Gasteiger partial charge in [0.2, 0.25) is 0 Å². The highest BCUT2D eigenvalue weighted by molar-refractivity contribution is 6.20. The van der Waals surface area contributed by atoms with Crippen LogP contribution in [-0.2, 0) is 6.54 Å². The van der Waals surface area contributed by atoms with Gasteiger partial charge >= 0.3 is 0 Å². The van der Waals surface area contributed by atoms with Crippen molar-refractivity contribution in [1.29, 1.82) is 0 Å². The first kappa shape index (κ1) is 22.3. The van der Waals surface area contributed by atoms with Gasteiger partial charge in [0.15, 0.2) is 0 Å². The first-order chi connectivity index (χ1) is 11.3. The average molecular weight is 402 g/mol. The van der Waals surface area contributed by atoms with Gasteiger partial charge in [-0.1, -0.05) is 60.7 Å². The predicted octanol–water partition coefficient (Wildman–Crippen LogP) is 5.02. The van der Waals surface area contributed by atoms with Crippen molar-refractivity contribution in [3.05, 3.63) is 71.8 Å². The fourth-order valence-corrected chi connectivity index (χ4v) is 3.38. The predicted molar refractivity (Wildman–Crippen MR) is 112 cm³/mol. The van der Waals surface area contributed by atoms with Gasteiger partial charge in [0.1, 0.15) is 0 Å². The van der Waals surface area contributed by atoms with Crippen LogP contribution in [0.25, 0.3) is 0 Å². The summed E-state index contributed by atoms with van der Waals surface area (Å²) in [5.74, 6) is 0. The molecule has 2 aromatic rings. The molecular weight excluding hydrogens is 375 g/mol. The maximum absolute atomic E-state index is 6.52. The van der Waals surface area contributed by atoms with E-state index in [1.165, 1.54) is 11.1 Å². The van der Waals surface area contributed by atoms with E-state index in [0.29, 0.717) is 0 Å². The Morgan fingerprint density at radius 2 is 1.28 bits per heavy atom. The second-order valence-electron chi connectivity index (χ2n) is 6.27. The van der Waals surface area contributed by atoms with Gasteiger partial charge in [-0.3, -0.25) is 4.90 Å². The van der Waals surface area contributed by atoms with Crippen LogP contribution in [0.15, 0.2) is 60.7 Å². The second-order valence-corrected chi connectivity index (χ2v) is 6.80. The van der Waals surface area contributed by atoms with Gasteiger partial charge in [0.25, 0.3) is 0 Å². The smallest absolute Gasteiger partial charge is 0.0597 e. The summed E-state index contributed by atoms with van der Waals surface area (Å²) in [6.45, 7) is 6.73. The van der Waals surface area contributed by atoms with Crippen molar-refractivity contribution in [3.8, 4) is 0 Å². The molecular formula is C20H27Cl3N2. The van der Waals surface area contributed by atoms with Gasteiger partial charge in [-0.05, 0) is 24.1 Å². The number of halogens is 3. The lowest BCUT2D eigenvalue weighted by atomic mass is 10.1. The Morgan fingerprint density at radius 3 is 1.88 bits per heavy atom. The third kappa shape index (κ3) is 7.16. The number of alkyl halides is 1. The maximum Gasteiger partial charge on any atom is 0.0597 e. The monoisotopic (exact) mass is 400 g/mol. The van der Waals surface area contributed by atoms with E-state index in [-0.39, 0.29) is 30.2 Å². The Labute approximate surface area is 169 Å². The van der Waals surface area contributed by atoms with Gasteiger partial charge in [-0.15, -0.1) is 36.4 Å². The molecule has 1 heterocycles. The highest BCUT2D eigenvalue weighted by Crippen LogP contribution is 2.24. The van der Waals surface area contributed by atoms with Gasteiger partial charge in [0, 0.05) is 32.7 Å². The van der Waals surface area contributed by atoms with Crippen molar-refractivity contribution in [2.24, 2.45) is 0 Å². The van der Waals surface area contributed by atoms with Crippen molar-refractivity contribution in [1.82, 2.24) is 9.80 Å². The number of hydrogen-bond donors (Lipinski definition) is 0. The number of rotatable bonds is 6. The minimum absolute atomic E-state index is 0. The molecule has 25 heavy (non-hydrogen) atoms. The molecule has 0 amide bonds. The fourth-order valence-electron chi connectivity index (χ4n) is 3.14. The molecule has 1 unspecified atom stereocenters. The van der Waals surface area contributed by atoms with E-state index >= 15 is 0 Å². The lowest BCUT2D eigenvalue weighted by Gasteiger charge is -2.35. The van der Waals surface area contributed by atoms with Crippen LogP contribution in [0.4, 0.5) is 0 Å². The Kier molecular flexibility index (Phi) is 10.5. The Hall–Kier alpha value is -0.770. The standard InChI is InChI=1S/C20H25ClN2.2ClH/c21-20(19-9-5-2-6-10-19)11-12-22-13-15-23(16-14-22)17-18-7-3-1-4-8-18;;/h1-10,20H,11-17H2;2*1H. The van der Waals surface area contributed by atoms with Crippen LogP contribution in [0.2, 0.25) is 0 Å². The van der Waals surface area contributed by atoms with Crippen molar-refractivity contribution in [3.63, 3.8) is 0 Å². The Bertz CT molecular complexity index is 572. The van der Waals surface area contributed by atoms with Crippen LogP contribution in [0.1, 0.15) is 22.9 Å². The molecule has 0 radical (unpaired) electrons. The van der Waals surface area contributed by atoms with E-state index in [4.69, 9.17) is 11.6 Å². The van der Waals surface area contributed by atoms with E-state index in [2.05, 4.69) is 64.4 Å². The number of hydrogen-bond acceptors (Lipinski definition) is 2. The molecule has 2 aromatic carbocycles. The molecule has 138 valence electrons. The molecule has 0 spiro atoms. The summed E-state index contributed by atoms with van der Waals surface area (Å²) < 4.78 is 0. The Morgan fingerprint density at radius 1 is 0.760 bits per heavy atom. The van der Waals surface area contributed by atoms with Crippen LogP contribution in [0.3, 0.4) is 0 Å². The molecule has 1 atom stereocenters. The number of benzene rings is 2. The van der Waals surface area contributed by atoms with Gasteiger partial charge in [-0.25, -0.2) is 0 Å². The molecule has 2 nitrogen and oxygen atoms in total. The van der Waals surface area contributed by atoms with E-state index < -0.39 is 0 Å². The molecule has 3 rings (SSSR count). The summed E-state index contributed by atoms with van der Waals surface area (Å²) in [6, 6.07) is 21.2. The van der Waals surface area contributed by atoms with Gasteiger partial charge in [-0.2, -0.15) is 0 Å². The third-order valence-corrected chi connectivity index (χ3v) is 5.04. The average Bonchev–Trinajstić information content (AvgIpc) is 2.62. The summed E-state index contributed by atoms with van der Waals surface area (Å²) in [7, 11) is 0. The van der Waals surface area contributed by atoms with Crippen molar-refractivity contribution < 1.29 is 0 Å². The summed E-state index contributed by atoms with van der Waals surface area (Å²) in [5.41, 5.74) is 2.64. The van der Waals surface area contributed by atoms with Crippen LogP contribution in [0, 0.1) is 0 Å². The quantitative estimate of drug-likeness (QED) is 0.627. The molecule has 0 aliphatic carbocycles. The van der Waals surface area contributed by atoms with Gasteiger partial charge in [0.05, 0.1) is 5.38 Å². The molecule has 1 aliphatic rings. The van der Waals surface area contributed by atoms with E-state index in [1.807, 2.05) is 6.07 Å². The molecule has 0 bridgehead atoms. The third-order valence-electron chi connectivity index (χ3n) is 4.57. The highest BCUT2D eigenvalue weighted by Gasteiger charge is 2.18. The van der Waals surface area contributed by atoms with Gasteiger partial charge < -0.3 is 4.90 Å². The first-order valence-electron chi connectivity index (χ1n) is 8.49. The molecule has 5 heteroatoms. The number of piperazine rings is 1. The summed E-state index contributed by atoms with van der Waals surface area (Å²) >= 11 is 6.52. The maximum atomic E-state index is 6.52. The summed E-state index contributed by atoms with van der Waals surface area (Å²) in [4.78, 5) is 5.08. The molecule has 0 N–H and O–H groups in total. The summed E-state index contributed by atoms with van der Waals surface area (Å²) in [5, 5.41) is 0.124. The zero-order valence-electron chi connectivity index (χ0n) is 14.4. The number of nitrogens with zero attached hydrogens (tertiary/aromatic N) is 2. The first-order valence-corrected chi connectivity index (χ1v) is 8.92. The minimum atomic E-state index is 0. The second kappa shape index (κ2) is 11.8. The largest absolute Gasteiger partial charge is 0.301 e. The van der Waals surface area contributed by atoms with Crippen molar-refractivity contribution in [2.45, 2.75) is 18.3 Å². The Balaban J connectivity index is 0.00000156.